The first kappa shape index (κ1) is 24.6. The van der Waals surface area contributed by atoms with Gasteiger partial charge in [0, 0.05) is 25.5 Å². The Balaban J connectivity index is 2.84. The number of rotatable bonds is 9. The van der Waals surface area contributed by atoms with Crippen LogP contribution in [0.2, 0.25) is 0 Å². The number of carbonyl (C=O) groups is 1. The van der Waals surface area contributed by atoms with Gasteiger partial charge in [-0.05, 0) is 40.5 Å². The highest BCUT2D eigenvalue weighted by atomic mass is 19.3. The summed E-state index contributed by atoms with van der Waals surface area (Å²) in [7, 11) is 0. The third kappa shape index (κ3) is 8.25. The minimum Gasteiger partial charge on any atom is -0.444 e. The summed E-state index contributed by atoms with van der Waals surface area (Å²) in [6, 6.07) is 0. The number of aliphatic imine (C=N–C) groups is 1. The predicted octanol–water partition coefficient (Wildman–Crippen LogP) is 3.42. The molecule has 0 unspecified atom stereocenters. The van der Waals surface area contributed by atoms with Crippen molar-refractivity contribution in [3.8, 4) is 0 Å². The summed E-state index contributed by atoms with van der Waals surface area (Å²) in [5.41, 5.74) is -1.13. The number of hydrogen-bond acceptors (Lipinski definition) is 4. The lowest BCUT2D eigenvalue weighted by Gasteiger charge is -2.34. The van der Waals surface area contributed by atoms with E-state index in [1.807, 2.05) is 41.5 Å². The van der Waals surface area contributed by atoms with Gasteiger partial charge in [0.2, 0.25) is 0 Å². The SMILES string of the molecule is CCNC(=NCc1nccn1C(F)F)NCC(CC)(CC)NC(=O)OC(C)(C)C. The summed E-state index contributed by atoms with van der Waals surface area (Å²) in [5, 5.41) is 9.22. The highest BCUT2D eigenvalue weighted by molar-refractivity contribution is 5.80. The summed E-state index contributed by atoms with van der Waals surface area (Å²) in [6.45, 7) is 9.62. The highest BCUT2D eigenvalue weighted by Gasteiger charge is 2.30. The van der Waals surface area contributed by atoms with E-state index in [1.165, 1.54) is 12.4 Å². The van der Waals surface area contributed by atoms with Crippen LogP contribution in [-0.2, 0) is 11.3 Å². The number of alkyl halides is 2. The van der Waals surface area contributed by atoms with Crippen molar-refractivity contribution in [2.45, 2.75) is 78.6 Å². The monoisotopic (exact) mass is 416 g/mol. The molecule has 29 heavy (non-hydrogen) atoms. The zero-order valence-corrected chi connectivity index (χ0v) is 18.2. The molecule has 0 radical (unpaired) electrons. The van der Waals surface area contributed by atoms with Gasteiger partial charge in [0.1, 0.15) is 18.0 Å². The summed E-state index contributed by atoms with van der Waals surface area (Å²) >= 11 is 0. The lowest BCUT2D eigenvalue weighted by atomic mass is 9.93. The summed E-state index contributed by atoms with van der Waals surface area (Å²) < 4.78 is 32.1. The molecule has 10 heteroatoms. The Bertz CT molecular complexity index is 666. The Kier molecular flexibility index (Phi) is 9.32. The standard InChI is InChI=1S/C19H34F2N6O2/c1-7-19(8-2,26-17(28)29-18(4,5)6)13-25-16(22-9-3)24-12-14-23-10-11-27(14)15(20)21/h10-11,15H,7-9,12-13H2,1-6H3,(H,26,28)(H2,22,24,25). The maximum Gasteiger partial charge on any atom is 0.408 e. The molecule has 8 nitrogen and oxygen atoms in total. The Morgan fingerprint density at radius 2 is 1.90 bits per heavy atom. The van der Waals surface area contributed by atoms with Gasteiger partial charge in [-0.1, -0.05) is 13.8 Å². The molecule has 0 saturated carbocycles. The first-order valence-corrected chi connectivity index (χ1v) is 9.89. The van der Waals surface area contributed by atoms with Crippen LogP contribution in [0.15, 0.2) is 17.4 Å². The molecule has 0 aliphatic rings. The number of amides is 1. The third-order valence-electron chi connectivity index (χ3n) is 4.40. The molecule has 0 aliphatic heterocycles. The number of nitrogens with one attached hydrogen (secondary N) is 3. The molecular formula is C19H34F2N6O2. The van der Waals surface area contributed by atoms with Crippen molar-refractivity contribution in [2.24, 2.45) is 4.99 Å². The molecule has 3 N–H and O–H groups in total. The minimum atomic E-state index is -2.66. The number of alkyl carbamates (subject to hydrolysis) is 1. The van der Waals surface area contributed by atoms with Gasteiger partial charge in [0.15, 0.2) is 5.96 Å². The van der Waals surface area contributed by atoms with Crippen LogP contribution in [0.4, 0.5) is 13.6 Å². The van der Waals surface area contributed by atoms with Gasteiger partial charge in [-0.3, -0.25) is 4.57 Å². The molecule has 0 fully saturated rings. The van der Waals surface area contributed by atoms with Crippen molar-refractivity contribution >= 4 is 12.1 Å². The summed E-state index contributed by atoms with van der Waals surface area (Å²) in [4.78, 5) is 20.5. The van der Waals surface area contributed by atoms with Crippen LogP contribution in [0.1, 0.15) is 66.8 Å². The smallest absolute Gasteiger partial charge is 0.408 e. The van der Waals surface area contributed by atoms with Crippen LogP contribution in [0.5, 0.6) is 0 Å². The molecular weight excluding hydrogens is 382 g/mol. The van der Waals surface area contributed by atoms with Crippen LogP contribution >= 0.6 is 0 Å². The molecule has 166 valence electrons. The number of ether oxygens (including phenoxy) is 1. The maximum absolute atomic E-state index is 13.0. The average Bonchev–Trinajstić information content (AvgIpc) is 3.10. The number of aromatic nitrogens is 2. The van der Waals surface area contributed by atoms with Crippen LogP contribution in [-0.4, -0.2) is 45.8 Å². The topological polar surface area (TPSA) is 92.6 Å². The van der Waals surface area contributed by atoms with Crippen molar-refractivity contribution in [1.82, 2.24) is 25.5 Å². The van der Waals surface area contributed by atoms with Crippen molar-refractivity contribution < 1.29 is 18.3 Å². The maximum atomic E-state index is 13.0. The summed E-state index contributed by atoms with van der Waals surface area (Å²) in [5.74, 6) is 0.620. The fourth-order valence-corrected chi connectivity index (χ4v) is 2.63. The average molecular weight is 417 g/mol. The van der Waals surface area contributed by atoms with Crippen LogP contribution in [0.25, 0.3) is 0 Å². The van der Waals surface area contributed by atoms with E-state index >= 15 is 0 Å². The Morgan fingerprint density at radius 1 is 1.24 bits per heavy atom. The molecule has 1 aromatic heterocycles. The first-order chi connectivity index (χ1) is 13.6. The molecule has 0 bridgehead atoms. The highest BCUT2D eigenvalue weighted by Crippen LogP contribution is 2.16. The van der Waals surface area contributed by atoms with Crippen LogP contribution in [0.3, 0.4) is 0 Å². The lowest BCUT2D eigenvalue weighted by molar-refractivity contribution is 0.0448. The van der Waals surface area contributed by atoms with E-state index in [9.17, 15) is 13.6 Å². The number of hydrogen-bond donors (Lipinski definition) is 3. The molecule has 0 aliphatic carbocycles. The minimum absolute atomic E-state index is 0.00256. The van der Waals surface area contributed by atoms with Crippen molar-refractivity contribution in [2.75, 3.05) is 13.1 Å². The van der Waals surface area contributed by atoms with Gasteiger partial charge in [0.05, 0.1) is 5.54 Å². The Morgan fingerprint density at radius 3 is 2.41 bits per heavy atom. The second-order valence-corrected chi connectivity index (χ2v) is 7.69. The van der Waals surface area contributed by atoms with Crippen molar-refractivity contribution in [3.63, 3.8) is 0 Å². The summed E-state index contributed by atoms with van der Waals surface area (Å²) in [6.07, 6.45) is 3.40. The number of imidazole rings is 1. The van der Waals surface area contributed by atoms with E-state index in [0.29, 0.717) is 31.9 Å². The van der Waals surface area contributed by atoms with E-state index in [0.717, 1.165) is 4.57 Å². The van der Waals surface area contributed by atoms with E-state index in [1.54, 1.807) is 0 Å². The van der Waals surface area contributed by atoms with Crippen molar-refractivity contribution in [1.29, 1.82) is 0 Å². The van der Waals surface area contributed by atoms with Gasteiger partial charge in [0.25, 0.3) is 0 Å². The Labute approximate surface area is 171 Å². The molecule has 0 aromatic carbocycles. The number of carbonyl (C=O) groups excluding carboxylic acids is 1. The molecule has 0 saturated heterocycles. The van der Waals surface area contributed by atoms with Crippen LogP contribution in [0, 0.1) is 0 Å². The first-order valence-electron chi connectivity index (χ1n) is 9.89. The normalized spacial score (nSPS) is 12.8. The predicted molar refractivity (Wildman–Crippen MR) is 109 cm³/mol. The molecule has 1 amide bonds. The van der Waals surface area contributed by atoms with Gasteiger partial charge >= 0.3 is 12.6 Å². The van der Waals surface area contributed by atoms with E-state index in [4.69, 9.17) is 4.74 Å². The van der Waals surface area contributed by atoms with Gasteiger partial charge in [-0.15, -0.1) is 0 Å². The fourth-order valence-electron chi connectivity index (χ4n) is 2.63. The second-order valence-electron chi connectivity index (χ2n) is 7.69. The lowest BCUT2D eigenvalue weighted by Crippen LogP contribution is -2.57. The second kappa shape index (κ2) is 11.0. The van der Waals surface area contributed by atoms with Gasteiger partial charge < -0.3 is 20.7 Å². The van der Waals surface area contributed by atoms with E-state index in [-0.39, 0.29) is 12.4 Å². The van der Waals surface area contributed by atoms with Crippen molar-refractivity contribution in [3.05, 3.63) is 18.2 Å². The van der Waals surface area contributed by atoms with Gasteiger partial charge in [-0.2, -0.15) is 8.78 Å². The zero-order chi connectivity index (χ0) is 22.1. The molecule has 1 heterocycles. The fraction of sp³-hybridized carbons (Fsp3) is 0.737. The molecule has 0 atom stereocenters. The van der Waals surface area contributed by atoms with Gasteiger partial charge in [-0.25, -0.2) is 14.8 Å². The number of halogens is 2. The van der Waals surface area contributed by atoms with E-state index in [2.05, 4.69) is 25.9 Å². The largest absolute Gasteiger partial charge is 0.444 e. The zero-order valence-electron chi connectivity index (χ0n) is 18.2. The third-order valence-corrected chi connectivity index (χ3v) is 4.40. The Hall–Kier alpha value is -2.39. The van der Waals surface area contributed by atoms with Crippen LogP contribution < -0.4 is 16.0 Å². The number of guanidine groups is 1. The molecule has 1 rings (SSSR count). The van der Waals surface area contributed by atoms with E-state index < -0.39 is 23.8 Å². The number of nitrogens with zero attached hydrogens (tertiary/aromatic N) is 3. The molecule has 1 aromatic rings. The molecule has 0 spiro atoms. The quantitative estimate of drug-likeness (QED) is 0.424.